The van der Waals surface area contributed by atoms with Crippen LogP contribution in [0.25, 0.3) is 5.57 Å². The maximum atomic E-state index is 12.0. The number of aldehydes is 1. The van der Waals surface area contributed by atoms with Crippen LogP contribution in [-0.4, -0.2) is 24.3 Å². The van der Waals surface area contributed by atoms with E-state index in [9.17, 15) is 4.79 Å². The minimum atomic E-state index is -0.655. The first kappa shape index (κ1) is 15.1. The van der Waals surface area contributed by atoms with Crippen molar-refractivity contribution in [3.8, 4) is 0 Å². The van der Waals surface area contributed by atoms with Crippen LogP contribution in [0.15, 0.2) is 24.3 Å². The summed E-state index contributed by atoms with van der Waals surface area (Å²) in [5.74, 6) is -0.655. The molecule has 0 N–H and O–H groups in total. The van der Waals surface area contributed by atoms with E-state index < -0.39 is 5.79 Å². The molecular weight excluding hydrogens is 288 g/mol. The van der Waals surface area contributed by atoms with Gasteiger partial charge in [0.15, 0.2) is 5.79 Å². The average molecular weight is 312 g/mol. The monoisotopic (exact) mass is 312 g/mol. The first-order valence-corrected chi connectivity index (χ1v) is 8.63. The molecule has 23 heavy (non-hydrogen) atoms. The highest BCUT2D eigenvalue weighted by molar-refractivity contribution is 5.90. The molecule has 0 saturated carbocycles. The summed E-state index contributed by atoms with van der Waals surface area (Å²) < 4.78 is 12.4. The summed E-state index contributed by atoms with van der Waals surface area (Å²) in [6.07, 6.45) is 6.86. The molecule has 2 aliphatic carbocycles. The molecule has 0 radical (unpaired) electrons. The average Bonchev–Trinajstić information content (AvgIpc) is 2.81. The number of ether oxygens (including phenoxy) is 2. The number of carbonyl (C=O) groups is 1. The summed E-state index contributed by atoms with van der Waals surface area (Å²) in [5, 5.41) is 0. The number of hydrogen-bond donors (Lipinski definition) is 0. The minimum Gasteiger partial charge on any atom is -0.341 e. The summed E-state index contributed by atoms with van der Waals surface area (Å²) >= 11 is 0. The lowest BCUT2D eigenvalue weighted by Crippen LogP contribution is -2.41. The van der Waals surface area contributed by atoms with Crippen molar-refractivity contribution in [1.82, 2.24) is 0 Å². The van der Waals surface area contributed by atoms with E-state index >= 15 is 0 Å². The molecule has 1 fully saturated rings. The highest BCUT2D eigenvalue weighted by atomic mass is 16.8. The van der Waals surface area contributed by atoms with Crippen molar-refractivity contribution in [2.24, 2.45) is 5.41 Å². The van der Waals surface area contributed by atoms with Crippen molar-refractivity contribution < 1.29 is 14.3 Å². The highest BCUT2D eigenvalue weighted by Crippen LogP contribution is 2.54. The Kier molecular flexibility index (Phi) is 3.30. The number of aryl methyl sites for hydroxylation is 2. The van der Waals surface area contributed by atoms with Crippen molar-refractivity contribution in [2.75, 3.05) is 0 Å². The first-order chi connectivity index (χ1) is 11.0. The molecule has 4 rings (SSSR count). The standard InChI is InChI=1S/C20H24O3/c1-13-5-4-6-16-7-8-19(12-21)9-10-20(11-17(19)18(13)16)22-14(2)15(3)23-20/h4-6,11-12,14-15H,7-10H2,1-3H3. The van der Waals surface area contributed by atoms with Crippen LogP contribution in [0.4, 0.5) is 0 Å². The maximum absolute atomic E-state index is 12.0. The van der Waals surface area contributed by atoms with E-state index in [2.05, 4.69) is 45.0 Å². The number of allylic oxidation sites excluding steroid dienone is 1. The molecule has 1 spiro atoms. The van der Waals surface area contributed by atoms with Gasteiger partial charge < -0.3 is 14.3 Å². The predicted molar refractivity (Wildman–Crippen MR) is 89.0 cm³/mol. The summed E-state index contributed by atoms with van der Waals surface area (Å²) in [4.78, 5) is 12.0. The Morgan fingerprint density at radius 1 is 1.13 bits per heavy atom. The molecular formula is C20H24O3. The van der Waals surface area contributed by atoms with E-state index in [1.54, 1.807) is 0 Å². The molecule has 3 nitrogen and oxygen atoms in total. The summed E-state index contributed by atoms with van der Waals surface area (Å²) in [6.45, 7) is 6.24. The second-order valence-corrected chi connectivity index (χ2v) is 7.40. The van der Waals surface area contributed by atoms with Gasteiger partial charge in [-0.2, -0.15) is 0 Å². The maximum Gasteiger partial charge on any atom is 0.189 e. The van der Waals surface area contributed by atoms with Gasteiger partial charge in [-0.1, -0.05) is 18.2 Å². The number of fused-ring (bicyclic) bond motifs is 3. The van der Waals surface area contributed by atoms with Crippen LogP contribution in [0.2, 0.25) is 0 Å². The van der Waals surface area contributed by atoms with Gasteiger partial charge in [-0.15, -0.1) is 0 Å². The Hall–Kier alpha value is -1.45. The molecule has 3 heteroatoms. The normalized spacial score (nSPS) is 38.8. The molecule has 3 aliphatic rings. The third-order valence-corrected chi connectivity index (χ3v) is 5.95. The van der Waals surface area contributed by atoms with Gasteiger partial charge in [0.1, 0.15) is 6.29 Å². The van der Waals surface area contributed by atoms with Crippen LogP contribution >= 0.6 is 0 Å². The van der Waals surface area contributed by atoms with Crippen LogP contribution in [0.5, 0.6) is 0 Å². The molecule has 3 atom stereocenters. The van der Waals surface area contributed by atoms with Crippen LogP contribution in [0.1, 0.15) is 49.8 Å². The molecule has 1 heterocycles. The lowest BCUT2D eigenvalue weighted by atomic mass is 9.62. The summed E-state index contributed by atoms with van der Waals surface area (Å²) in [7, 11) is 0. The van der Waals surface area contributed by atoms with Crippen molar-refractivity contribution >= 4 is 11.9 Å². The zero-order chi connectivity index (χ0) is 16.2. The van der Waals surface area contributed by atoms with Crippen molar-refractivity contribution in [1.29, 1.82) is 0 Å². The minimum absolute atomic E-state index is 0.0792. The molecule has 0 aromatic heterocycles. The predicted octanol–water partition coefficient (Wildman–Crippen LogP) is 3.82. The largest absolute Gasteiger partial charge is 0.341 e. The number of benzene rings is 1. The van der Waals surface area contributed by atoms with Crippen LogP contribution < -0.4 is 0 Å². The Labute approximate surface area is 137 Å². The van der Waals surface area contributed by atoms with Gasteiger partial charge in [0.2, 0.25) is 0 Å². The van der Waals surface area contributed by atoms with E-state index in [1.165, 1.54) is 23.0 Å². The molecule has 1 saturated heterocycles. The molecule has 1 aliphatic heterocycles. The van der Waals surface area contributed by atoms with Crippen LogP contribution in [0.3, 0.4) is 0 Å². The zero-order valence-corrected chi connectivity index (χ0v) is 14.1. The second-order valence-electron chi connectivity index (χ2n) is 7.40. The van der Waals surface area contributed by atoms with Gasteiger partial charge in [-0.25, -0.2) is 0 Å². The number of hydrogen-bond acceptors (Lipinski definition) is 3. The smallest absolute Gasteiger partial charge is 0.189 e. The Balaban J connectivity index is 1.89. The zero-order valence-electron chi connectivity index (χ0n) is 14.1. The number of carbonyl (C=O) groups excluding carboxylic acids is 1. The van der Waals surface area contributed by atoms with Gasteiger partial charge in [0, 0.05) is 6.42 Å². The molecule has 122 valence electrons. The van der Waals surface area contributed by atoms with Crippen LogP contribution in [0, 0.1) is 12.3 Å². The highest BCUT2D eigenvalue weighted by Gasteiger charge is 2.51. The summed E-state index contributed by atoms with van der Waals surface area (Å²) in [5.41, 5.74) is 4.57. The van der Waals surface area contributed by atoms with E-state index in [4.69, 9.17) is 9.47 Å². The summed E-state index contributed by atoms with van der Waals surface area (Å²) in [6, 6.07) is 6.41. The second kappa shape index (κ2) is 5.02. The van der Waals surface area contributed by atoms with E-state index in [-0.39, 0.29) is 17.6 Å². The first-order valence-electron chi connectivity index (χ1n) is 8.63. The molecule has 0 amide bonds. The van der Waals surface area contributed by atoms with Gasteiger partial charge in [-0.05, 0) is 68.4 Å². The Morgan fingerprint density at radius 2 is 1.87 bits per heavy atom. The van der Waals surface area contributed by atoms with Gasteiger partial charge in [0.25, 0.3) is 0 Å². The lowest BCUT2D eigenvalue weighted by Gasteiger charge is -2.44. The molecule has 1 aromatic carbocycles. The van der Waals surface area contributed by atoms with E-state index in [1.807, 2.05) is 0 Å². The molecule has 0 bridgehead atoms. The molecule has 3 unspecified atom stereocenters. The fourth-order valence-corrected chi connectivity index (χ4v) is 4.44. The topological polar surface area (TPSA) is 35.5 Å². The molecule has 1 aromatic rings. The Bertz CT molecular complexity index is 680. The third kappa shape index (κ3) is 2.14. The van der Waals surface area contributed by atoms with Gasteiger partial charge in [0.05, 0.1) is 17.6 Å². The fraction of sp³-hybridized carbons (Fsp3) is 0.550. The fourth-order valence-electron chi connectivity index (χ4n) is 4.44. The van der Waals surface area contributed by atoms with Crippen LogP contribution in [-0.2, 0) is 20.7 Å². The third-order valence-electron chi connectivity index (χ3n) is 5.95. The Morgan fingerprint density at radius 3 is 2.57 bits per heavy atom. The van der Waals surface area contributed by atoms with E-state index in [0.717, 1.165) is 31.3 Å². The van der Waals surface area contributed by atoms with Crippen molar-refractivity contribution in [3.05, 3.63) is 41.0 Å². The SMILES string of the molecule is Cc1cccc2c1C1=CC3(CCC1(C=O)CC2)OC(C)C(C)O3. The number of rotatable bonds is 1. The van der Waals surface area contributed by atoms with Crippen molar-refractivity contribution in [2.45, 2.75) is 64.4 Å². The van der Waals surface area contributed by atoms with Gasteiger partial charge in [-0.3, -0.25) is 0 Å². The van der Waals surface area contributed by atoms with Crippen molar-refractivity contribution in [3.63, 3.8) is 0 Å². The van der Waals surface area contributed by atoms with Gasteiger partial charge >= 0.3 is 0 Å². The quantitative estimate of drug-likeness (QED) is 0.739. The lowest BCUT2D eigenvalue weighted by molar-refractivity contribution is -0.148. The van der Waals surface area contributed by atoms with E-state index in [0.29, 0.717) is 0 Å².